The molecule has 0 unspecified atom stereocenters. The van der Waals surface area contributed by atoms with Crippen LogP contribution in [-0.4, -0.2) is 38.2 Å². The van der Waals surface area contributed by atoms with Crippen molar-refractivity contribution >= 4 is 17.7 Å². The van der Waals surface area contributed by atoms with Crippen molar-refractivity contribution in [1.29, 1.82) is 0 Å². The highest BCUT2D eigenvalue weighted by atomic mass is 32.2. The number of amides is 1. The van der Waals surface area contributed by atoms with Crippen LogP contribution in [0.1, 0.15) is 6.92 Å². The normalized spacial score (nSPS) is 12.6. The van der Waals surface area contributed by atoms with Gasteiger partial charge in [-0.2, -0.15) is 0 Å². The number of nitrogens with two attached hydrogens (primary N) is 1. The van der Waals surface area contributed by atoms with Gasteiger partial charge in [0, 0.05) is 12.7 Å². The van der Waals surface area contributed by atoms with E-state index in [4.69, 9.17) is 15.2 Å². The third-order valence-corrected chi connectivity index (χ3v) is 3.88. The first kappa shape index (κ1) is 13.7. The van der Waals surface area contributed by atoms with E-state index in [1.54, 1.807) is 12.3 Å². The van der Waals surface area contributed by atoms with Crippen molar-refractivity contribution in [3.8, 4) is 23.0 Å². The Hall–Kier alpha value is -2.29. The van der Waals surface area contributed by atoms with Gasteiger partial charge in [-0.25, -0.2) is 4.98 Å². The standard InChI is InChI=1S/C12H13N5O3S/c1-2-17-10(15-16-12(17)21-5-8(13)18)7-3-4-14-11-9(7)19-6-20-11/h3-4H,2,5-6H2,1H3,(H2,13,18). The lowest BCUT2D eigenvalue weighted by Gasteiger charge is -2.08. The minimum Gasteiger partial charge on any atom is -0.451 e. The summed E-state index contributed by atoms with van der Waals surface area (Å²) < 4.78 is 12.6. The molecule has 2 N–H and O–H groups in total. The molecule has 0 bridgehead atoms. The zero-order valence-corrected chi connectivity index (χ0v) is 12.1. The van der Waals surface area contributed by atoms with Crippen molar-refractivity contribution in [2.45, 2.75) is 18.6 Å². The number of fused-ring (bicyclic) bond motifs is 1. The van der Waals surface area contributed by atoms with Gasteiger partial charge in [-0.15, -0.1) is 10.2 Å². The zero-order chi connectivity index (χ0) is 14.8. The molecule has 110 valence electrons. The number of primary amides is 1. The smallest absolute Gasteiger partial charge is 0.260 e. The van der Waals surface area contributed by atoms with E-state index in [2.05, 4.69) is 15.2 Å². The Morgan fingerprint density at radius 2 is 2.33 bits per heavy atom. The molecule has 8 nitrogen and oxygen atoms in total. The number of thioether (sulfide) groups is 1. The lowest BCUT2D eigenvalue weighted by Crippen LogP contribution is -2.13. The fourth-order valence-corrected chi connectivity index (χ4v) is 2.75. The van der Waals surface area contributed by atoms with E-state index in [0.29, 0.717) is 29.2 Å². The molecule has 0 aliphatic carbocycles. The molecule has 0 aromatic carbocycles. The van der Waals surface area contributed by atoms with Gasteiger partial charge in [-0.3, -0.25) is 4.79 Å². The number of rotatable bonds is 5. The van der Waals surface area contributed by atoms with E-state index in [-0.39, 0.29) is 12.5 Å². The van der Waals surface area contributed by atoms with Gasteiger partial charge in [-0.1, -0.05) is 11.8 Å². The highest BCUT2D eigenvalue weighted by Gasteiger charge is 2.24. The van der Waals surface area contributed by atoms with Gasteiger partial charge >= 0.3 is 0 Å². The van der Waals surface area contributed by atoms with E-state index >= 15 is 0 Å². The van der Waals surface area contributed by atoms with Crippen LogP contribution in [-0.2, 0) is 11.3 Å². The molecule has 0 radical (unpaired) electrons. The minimum absolute atomic E-state index is 0.142. The maximum Gasteiger partial charge on any atom is 0.260 e. The lowest BCUT2D eigenvalue weighted by molar-refractivity contribution is -0.115. The van der Waals surface area contributed by atoms with E-state index in [1.165, 1.54) is 11.8 Å². The monoisotopic (exact) mass is 307 g/mol. The van der Waals surface area contributed by atoms with Crippen LogP contribution in [0.2, 0.25) is 0 Å². The van der Waals surface area contributed by atoms with Crippen LogP contribution in [0.4, 0.5) is 0 Å². The summed E-state index contributed by atoms with van der Waals surface area (Å²) in [4.78, 5) is 15.0. The number of carbonyl (C=O) groups excluding carboxylic acids is 1. The predicted molar refractivity (Wildman–Crippen MR) is 75.0 cm³/mol. The average Bonchev–Trinajstić information content (AvgIpc) is 3.10. The molecule has 9 heteroatoms. The van der Waals surface area contributed by atoms with E-state index in [9.17, 15) is 4.79 Å². The van der Waals surface area contributed by atoms with Gasteiger partial charge in [0.05, 0.1) is 11.3 Å². The largest absolute Gasteiger partial charge is 0.451 e. The van der Waals surface area contributed by atoms with Gasteiger partial charge in [0.15, 0.2) is 16.7 Å². The molecule has 3 rings (SSSR count). The summed E-state index contributed by atoms with van der Waals surface area (Å²) in [7, 11) is 0. The number of aromatic nitrogens is 4. The van der Waals surface area contributed by atoms with Gasteiger partial charge in [-0.05, 0) is 13.0 Å². The fourth-order valence-electron chi connectivity index (χ4n) is 2.01. The number of hydrogen-bond acceptors (Lipinski definition) is 7. The third kappa shape index (κ3) is 2.51. The molecule has 0 atom stereocenters. The molecule has 21 heavy (non-hydrogen) atoms. The minimum atomic E-state index is -0.395. The molecule has 0 saturated carbocycles. The van der Waals surface area contributed by atoms with Crippen molar-refractivity contribution in [3.05, 3.63) is 12.3 Å². The van der Waals surface area contributed by atoms with E-state index in [1.807, 2.05) is 11.5 Å². The molecule has 3 heterocycles. The van der Waals surface area contributed by atoms with Crippen LogP contribution in [0.3, 0.4) is 0 Å². The molecule has 1 amide bonds. The number of carbonyl (C=O) groups is 1. The van der Waals surface area contributed by atoms with Crippen molar-refractivity contribution in [2.75, 3.05) is 12.5 Å². The molecule has 1 aliphatic heterocycles. The van der Waals surface area contributed by atoms with Crippen molar-refractivity contribution in [1.82, 2.24) is 19.7 Å². The summed E-state index contributed by atoms with van der Waals surface area (Å²) in [5.41, 5.74) is 5.92. The Balaban J connectivity index is 2.00. The highest BCUT2D eigenvalue weighted by molar-refractivity contribution is 7.99. The van der Waals surface area contributed by atoms with Gasteiger partial charge in [0.25, 0.3) is 5.88 Å². The molecule has 2 aromatic heterocycles. The Bertz CT molecular complexity index is 688. The molecule has 0 saturated heterocycles. The average molecular weight is 307 g/mol. The lowest BCUT2D eigenvalue weighted by atomic mass is 10.2. The summed E-state index contributed by atoms with van der Waals surface area (Å²) >= 11 is 1.26. The number of pyridine rings is 1. The summed E-state index contributed by atoms with van der Waals surface area (Å²) in [6.07, 6.45) is 1.63. The molecular weight excluding hydrogens is 294 g/mol. The second kappa shape index (κ2) is 5.60. The summed E-state index contributed by atoms with van der Waals surface area (Å²) in [5.74, 6) is 1.42. The first-order valence-electron chi connectivity index (χ1n) is 6.30. The van der Waals surface area contributed by atoms with Crippen molar-refractivity contribution in [3.63, 3.8) is 0 Å². The van der Waals surface area contributed by atoms with Gasteiger partial charge < -0.3 is 19.8 Å². The first-order chi connectivity index (χ1) is 10.2. The number of nitrogens with zero attached hydrogens (tertiary/aromatic N) is 4. The highest BCUT2D eigenvalue weighted by Crippen LogP contribution is 2.39. The first-order valence-corrected chi connectivity index (χ1v) is 7.28. The second-order valence-electron chi connectivity index (χ2n) is 4.20. The van der Waals surface area contributed by atoms with Crippen LogP contribution >= 0.6 is 11.8 Å². The molecule has 2 aromatic rings. The van der Waals surface area contributed by atoms with Crippen molar-refractivity contribution in [2.24, 2.45) is 5.73 Å². The third-order valence-electron chi connectivity index (χ3n) is 2.89. The van der Waals surface area contributed by atoms with Crippen LogP contribution < -0.4 is 15.2 Å². The topological polar surface area (TPSA) is 105 Å². The van der Waals surface area contributed by atoms with Crippen LogP contribution in [0.15, 0.2) is 17.4 Å². The Labute approximate surface area is 124 Å². The molecule has 1 aliphatic rings. The fraction of sp³-hybridized carbons (Fsp3) is 0.333. The maximum atomic E-state index is 10.9. The number of hydrogen-bond donors (Lipinski definition) is 1. The Morgan fingerprint density at radius 3 is 3.10 bits per heavy atom. The molecule has 0 spiro atoms. The number of ether oxygens (including phenoxy) is 2. The quantitative estimate of drug-likeness (QED) is 0.809. The van der Waals surface area contributed by atoms with Gasteiger partial charge in [0.2, 0.25) is 12.7 Å². The zero-order valence-electron chi connectivity index (χ0n) is 11.3. The molecular formula is C12H13N5O3S. The summed E-state index contributed by atoms with van der Waals surface area (Å²) in [6, 6.07) is 1.80. The van der Waals surface area contributed by atoms with Crippen molar-refractivity contribution < 1.29 is 14.3 Å². The molecule has 0 fully saturated rings. The van der Waals surface area contributed by atoms with Crippen LogP contribution in [0.5, 0.6) is 11.6 Å². The Kier molecular flexibility index (Phi) is 3.65. The second-order valence-corrected chi connectivity index (χ2v) is 5.15. The van der Waals surface area contributed by atoms with Gasteiger partial charge in [0.1, 0.15) is 0 Å². The van der Waals surface area contributed by atoms with E-state index in [0.717, 1.165) is 5.56 Å². The van der Waals surface area contributed by atoms with Crippen LogP contribution in [0.25, 0.3) is 11.4 Å². The maximum absolute atomic E-state index is 10.9. The SMILES string of the molecule is CCn1c(SCC(N)=O)nnc1-c1ccnc2c1OCO2. The predicted octanol–water partition coefficient (Wildman–Crippen LogP) is 0.666. The van der Waals surface area contributed by atoms with E-state index < -0.39 is 5.91 Å². The van der Waals surface area contributed by atoms with Crippen LogP contribution in [0, 0.1) is 0 Å². The Morgan fingerprint density at radius 1 is 1.48 bits per heavy atom. The summed E-state index contributed by atoms with van der Waals surface area (Å²) in [6.45, 7) is 2.77. The summed E-state index contributed by atoms with van der Waals surface area (Å²) in [5, 5.41) is 8.94.